The third-order valence-electron chi connectivity index (χ3n) is 7.62. The molecule has 0 radical (unpaired) electrons. The topological polar surface area (TPSA) is 106 Å². The van der Waals surface area contributed by atoms with Crippen LogP contribution in [0.3, 0.4) is 0 Å². The van der Waals surface area contributed by atoms with E-state index >= 15 is 0 Å². The van der Waals surface area contributed by atoms with E-state index in [2.05, 4.69) is 48.6 Å². The molecule has 1 aromatic heterocycles. The second-order valence-corrected chi connectivity index (χ2v) is 11.4. The van der Waals surface area contributed by atoms with Gasteiger partial charge in [-0.1, -0.05) is 36.2 Å². The van der Waals surface area contributed by atoms with Gasteiger partial charge in [-0.25, -0.2) is 4.98 Å². The Morgan fingerprint density at radius 2 is 1.92 bits per heavy atom. The third-order valence-corrected chi connectivity index (χ3v) is 8.61. The van der Waals surface area contributed by atoms with Gasteiger partial charge in [0, 0.05) is 36.3 Å². The maximum atomic E-state index is 11.6. The van der Waals surface area contributed by atoms with E-state index in [0.29, 0.717) is 30.1 Å². The molecule has 9 nitrogen and oxygen atoms in total. The number of piperidine rings is 2. The first-order valence-electron chi connectivity index (χ1n) is 13.8. The predicted molar refractivity (Wildman–Crippen MR) is 154 cm³/mol. The number of likely N-dealkylation sites (tertiary alicyclic amines) is 2. The van der Waals surface area contributed by atoms with Crippen molar-refractivity contribution >= 4 is 40.1 Å². The van der Waals surface area contributed by atoms with E-state index in [1.165, 1.54) is 63.2 Å². The number of benzene rings is 1. The minimum absolute atomic E-state index is 0.131. The van der Waals surface area contributed by atoms with Gasteiger partial charge in [-0.2, -0.15) is 4.98 Å². The van der Waals surface area contributed by atoms with Crippen molar-refractivity contribution < 1.29 is 13.5 Å². The molecule has 2 saturated heterocycles. The SMILES string of the molecule is CCOC1C=C(N2CCC(N3CCCCC3)CC2)C=CC1Nc1ncc(Cl)c(Nc2ccccc2S(=O)[O-])n1. The van der Waals surface area contributed by atoms with Gasteiger partial charge in [0.25, 0.3) is 0 Å². The van der Waals surface area contributed by atoms with Crippen LogP contribution in [-0.4, -0.2) is 79.5 Å². The van der Waals surface area contributed by atoms with Crippen molar-refractivity contribution in [2.24, 2.45) is 0 Å². The van der Waals surface area contributed by atoms with Gasteiger partial charge >= 0.3 is 0 Å². The van der Waals surface area contributed by atoms with Crippen LogP contribution in [0.5, 0.6) is 0 Å². The molecule has 0 bridgehead atoms. The largest absolute Gasteiger partial charge is 0.768 e. The van der Waals surface area contributed by atoms with Gasteiger partial charge in [-0.15, -0.1) is 0 Å². The number of hydrogen-bond donors (Lipinski definition) is 2. The number of aromatic nitrogens is 2. The van der Waals surface area contributed by atoms with Crippen molar-refractivity contribution in [1.29, 1.82) is 0 Å². The highest BCUT2D eigenvalue weighted by atomic mass is 35.5. The summed E-state index contributed by atoms with van der Waals surface area (Å²) < 4.78 is 29.3. The van der Waals surface area contributed by atoms with Crippen LogP contribution in [0.1, 0.15) is 39.0 Å². The maximum Gasteiger partial charge on any atom is 0.225 e. The molecule has 2 aromatic rings. The molecule has 3 atom stereocenters. The highest BCUT2D eigenvalue weighted by Crippen LogP contribution is 2.29. The van der Waals surface area contributed by atoms with Gasteiger partial charge in [0.2, 0.25) is 5.95 Å². The Morgan fingerprint density at radius 1 is 1.15 bits per heavy atom. The Labute approximate surface area is 238 Å². The zero-order valence-corrected chi connectivity index (χ0v) is 23.8. The molecule has 3 unspecified atom stereocenters. The van der Waals surface area contributed by atoms with Crippen molar-refractivity contribution in [3.05, 3.63) is 59.4 Å². The van der Waals surface area contributed by atoms with E-state index in [9.17, 15) is 8.76 Å². The number of rotatable bonds is 9. The number of anilines is 3. The summed E-state index contributed by atoms with van der Waals surface area (Å²) in [7, 11) is 0. The fourth-order valence-corrected chi connectivity index (χ4v) is 6.24. The molecule has 0 amide bonds. The fraction of sp³-hybridized carbons (Fsp3) is 0.500. The van der Waals surface area contributed by atoms with E-state index in [4.69, 9.17) is 16.3 Å². The second kappa shape index (κ2) is 13.2. The van der Waals surface area contributed by atoms with E-state index < -0.39 is 11.1 Å². The van der Waals surface area contributed by atoms with E-state index in [0.717, 1.165) is 13.1 Å². The summed E-state index contributed by atoms with van der Waals surface area (Å²) in [5, 5.41) is 6.66. The second-order valence-electron chi connectivity index (χ2n) is 10.1. The minimum Gasteiger partial charge on any atom is -0.768 e. The lowest BCUT2D eigenvalue weighted by atomic mass is 9.97. The summed E-state index contributed by atoms with van der Waals surface area (Å²) in [6.07, 6.45) is 14.2. The Hall–Kier alpha value is -2.50. The first kappa shape index (κ1) is 28.0. The number of para-hydroxylation sites is 1. The summed E-state index contributed by atoms with van der Waals surface area (Å²) in [5.41, 5.74) is 1.59. The smallest absolute Gasteiger partial charge is 0.225 e. The molecule has 3 heterocycles. The summed E-state index contributed by atoms with van der Waals surface area (Å²) in [4.78, 5) is 14.2. The van der Waals surface area contributed by atoms with E-state index in [1.54, 1.807) is 18.2 Å². The van der Waals surface area contributed by atoms with Gasteiger partial charge in [-0.3, -0.25) is 4.21 Å². The van der Waals surface area contributed by atoms with Gasteiger partial charge in [0.1, 0.15) is 11.1 Å². The van der Waals surface area contributed by atoms with Crippen LogP contribution in [-0.2, 0) is 15.8 Å². The molecular formula is C28H36ClN6O3S-. The molecular weight excluding hydrogens is 536 g/mol. The number of halogens is 1. The zero-order chi connectivity index (χ0) is 27.2. The van der Waals surface area contributed by atoms with Crippen molar-refractivity contribution in [3.8, 4) is 0 Å². The molecule has 3 aliphatic rings. The quantitative estimate of drug-likeness (QED) is 0.414. The highest BCUT2D eigenvalue weighted by Gasteiger charge is 2.29. The molecule has 2 aliphatic heterocycles. The van der Waals surface area contributed by atoms with Crippen LogP contribution in [0.2, 0.25) is 5.02 Å². The molecule has 1 aliphatic carbocycles. The Kier molecular flexibility index (Phi) is 9.52. The van der Waals surface area contributed by atoms with Gasteiger partial charge in [0.15, 0.2) is 5.82 Å². The Bertz CT molecular complexity index is 1210. The van der Waals surface area contributed by atoms with E-state index in [-0.39, 0.29) is 22.1 Å². The van der Waals surface area contributed by atoms with Crippen molar-refractivity contribution in [2.75, 3.05) is 43.4 Å². The highest BCUT2D eigenvalue weighted by molar-refractivity contribution is 7.79. The number of ether oxygens (including phenoxy) is 1. The Balaban J connectivity index is 1.24. The van der Waals surface area contributed by atoms with Crippen LogP contribution in [0.15, 0.2) is 59.3 Å². The number of allylic oxidation sites excluding steroid dienone is 1. The average molecular weight is 572 g/mol. The average Bonchev–Trinajstić information content (AvgIpc) is 2.96. The molecule has 0 spiro atoms. The molecule has 5 rings (SSSR count). The summed E-state index contributed by atoms with van der Waals surface area (Å²) in [6, 6.07) is 7.11. The van der Waals surface area contributed by atoms with Crippen LogP contribution in [0.25, 0.3) is 0 Å². The molecule has 210 valence electrons. The monoisotopic (exact) mass is 571 g/mol. The minimum atomic E-state index is -2.40. The van der Waals surface area contributed by atoms with Crippen LogP contribution in [0, 0.1) is 0 Å². The third kappa shape index (κ3) is 6.99. The zero-order valence-electron chi connectivity index (χ0n) is 22.2. The fourth-order valence-electron chi connectivity index (χ4n) is 5.61. The molecule has 11 heteroatoms. The normalized spacial score (nSPS) is 23.4. The predicted octanol–water partition coefficient (Wildman–Crippen LogP) is 4.70. The van der Waals surface area contributed by atoms with Crippen LogP contribution < -0.4 is 10.6 Å². The lowest BCUT2D eigenvalue weighted by Crippen LogP contribution is -2.47. The first-order chi connectivity index (χ1) is 19.0. The number of nitrogens with one attached hydrogen (secondary N) is 2. The molecule has 2 fully saturated rings. The molecule has 1 aromatic carbocycles. The van der Waals surface area contributed by atoms with Gasteiger partial charge in [-0.05, 0) is 81.1 Å². The van der Waals surface area contributed by atoms with Crippen LogP contribution in [0.4, 0.5) is 17.5 Å². The standard InChI is InChI=1S/C28H37ClN6O3S/c1-2-38-25-18-21(35-16-12-20(13-17-35)34-14-6-3-7-15-34)10-11-23(25)32-28-30-19-22(29)27(33-28)31-24-8-4-5-9-26(24)39(36)37/h4-5,8-11,18-20,23,25H,2-3,6-7,12-17H2,1H3,(H,36,37)(H2,30,31,32,33)/p-1. The maximum absolute atomic E-state index is 11.6. The van der Waals surface area contributed by atoms with Crippen molar-refractivity contribution in [1.82, 2.24) is 19.8 Å². The van der Waals surface area contributed by atoms with Gasteiger partial charge in [0.05, 0.1) is 17.9 Å². The summed E-state index contributed by atoms with van der Waals surface area (Å²) in [6.45, 7) is 7.18. The van der Waals surface area contributed by atoms with Gasteiger partial charge < -0.3 is 29.7 Å². The molecule has 39 heavy (non-hydrogen) atoms. The molecule has 0 saturated carbocycles. The van der Waals surface area contributed by atoms with Crippen LogP contribution >= 0.6 is 11.6 Å². The number of hydrogen-bond acceptors (Lipinski definition) is 9. The van der Waals surface area contributed by atoms with Crippen molar-refractivity contribution in [2.45, 2.75) is 62.1 Å². The summed E-state index contributed by atoms with van der Waals surface area (Å²) in [5.74, 6) is 0.675. The molecule has 2 N–H and O–H groups in total. The van der Waals surface area contributed by atoms with Crippen molar-refractivity contribution in [3.63, 3.8) is 0 Å². The Morgan fingerprint density at radius 3 is 2.67 bits per heavy atom. The lowest BCUT2D eigenvalue weighted by Gasteiger charge is -2.42. The van der Waals surface area contributed by atoms with E-state index in [1.807, 2.05) is 6.92 Å². The summed E-state index contributed by atoms with van der Waals surface area (Å²) >= 11 is 3.94. The lowest BCUT2D eigenvalue weighted by molar-refractivity contribution is 0.0844. The number of nitrogens with zero attached hydrogens (tertiary/aromatic N) is 4. The first-order valence-corrected chi connectivity index (χ1v) is 15.2.